The highest BCUT2D eigenvalue weighted by atomic mass is 16.8. The van der Waals surface area contributed by atoms with Crippen molar-refractivity contribution >= 4 is 0 Å². The molecule has 0 aromatic carbocycles. The summed E-state index contributed by atoms with van der Waals surface area (Å²) in [5.74, 6) is -0.321. The number of likely N-dealkylation sites (tertiary alicyclic amines) is 1. The maximum Gasteiger partial charge on any atom is 0.169 e. The molecule has 0 aromatic heterocycles. The minimum absolute atomic E-state index is 0.261. The third kappa shape index (κ3) is 22.2. The number of hydrogen-bond acceptors (Lipinski definition) is 3. The van der Waals surface area contributed by atoms with Crippen LogP contribution in [0, 0.1) is 0 Å². The average molecular weight is 654 g/mol. The molecule has 2 fully saturated rings. The first-order chi connectivity index (χ1) is 23.2. The molecule has 2 saturated heterocycles. The highest BCUT2D eigenvalue weighted by Gasteiger charge is 2.47. The number of rotatable bonds is 30. The van der Waals surface area contributed by atoms with Crippen molar-refractivity contribution in [1.82, 2.24) is 4.90 Å². The van der Waals surface area contributed by atoms with E-state index in [-0.39, 0.29) is 11.9 Å². The van der Waals surface area contributed by atoms with Gasteiger partial charge in [-0.25, -0.2) is 0 Å². The molecular formula is C44H79NO2. The van der Waals surface area contributed by atoms with Gasteiger partial charge in [0, 0.05) is 19.4 Å². The lowest BCUT2D eigenvalue weighted by Crippen LogP contribution is -2.35. The highest BCUT2D eigenvalue weighted by molar-refractivity contribution is 4.94. The van der Waals surface area contributed by atoms with Gasteiger partial charge in [0.25, 0.3) is 0 Å². The Morgan fingerprint density at radius 1 is 0.511 bits per heavy atom. The molecule has 2 aliphatic heterocycles. The second kappa shape index (κ2) is 29.7. The smallest absolute Gasteiger partial charge is 0.169 e. The molecule has 2 aliphatic rings. The summed E-state index contributed by atoms with van der Waals surface area (Å²) in [7, 11) is 2.25. The zero-order valence-electron chi connectivity index (χ0n) is 31.8. The molecule has 2 rings (SSSR count). The van der Waals surface area contributed by atoms with Gasteiger partial charge >= 0.3 is 0 Å². The van der Waals surface area contributed by atoms with Crippen molar-refractivity contribution < 1.29 is 9.47 Å². The van der Waals surface area contributed by atoms with Crippen LogP contribution in [0.5, 0.6) is 0 Å². The predicted octanol–water partition coefficient (Wildman–Crippen LogP) is 13.6. The lowest BCUT2D eigenvalue weighted by Gasteiger charge is -2.29. The van der Waals surface area contributed by atoms with E-state index in [2.05, 4.69) is 74.4 Å². The average Bonchev–Trinajstić information content (AvgIpc) is 3.30. The first kappa shape index (κ1) is 42.0. The van der Waals surface area contributed by atoms with E-state index in [1.807, 2.05) is 0 Å². The molecule has 2 heterocycles. The molecular weight excluding hydrogens is 574 g/mol. The molecule has 3 heteroatoms. The summed E-state index contributed by atoms with van der Waals surface area (Å²) in [5, 5.41) is 0. The summed E-state index contributed by atoms with van der Waals surface area (Å²) in [6, 6.07) is 0. The molecule has 3 nitrogen and oxygen atoms in total. The number of fused-ring (bicyclic) bond motifs is 1. The molecule has 2 unspecified atom stereocenters. The van der Waals surface area contributed by atoms with Gasteiger partial charge in [-0.15, -0.1) is 0 Å². The van der Waals surface area contributed by atoms with Gasteiger partial charge in [-0.1, -0.05) is 140 Å². The van der Waals surface area contributed by atoms with E-state index in [1.165, 1.54) is 154 Å². The zero-order chi connectivity index (χ0) is 33.5. The second-order valence-electron chi connectivity index (χ2n) is 14.8. The van der Waals surface area contributed by atoms with Crippen molar-refractivity contribution in [2.75, 3.05) is 20.1 Å². The number of hydrogen-bond donors (Lipinski definition) is 0. The van der Waals surface area contributed by atoms with E-state index in [0.717, 1.165) is 38.6 Å². The van der Waals surface area contributed by atoms with Gasteiger partial charge in [0.2, 0.25) is 0 Å². The maximum absolute atomic E-state index is 6.86. The van der Waals surface area contributed by atoms with Crippen molar-refractivity contribution in [1.29, 1.82) is 0 Å². The Labute approximate surface area is 294 Å². The first-order valence-electron chi connectivity index (χ1n) is 20.8. The van der Waals surface area contributed by atoms with Crippen LogP contribution in [0.3, 0.4) is 0 Å². The van der Waals surface area contributed by atoms with E-state index in [0.29, 0.717) is 6.10 Å². The van der Waals surface area contributed by atoms with Crippen LogP contribution >= 0.6 is 0 Å². The summed E-state index contributed by atoms with van der Waals surface area (Å²) < 4.78 is 13.7. The number of allylic oxidation sites excluding steroid dienone is 8. The normalized spacial score (nSPS) is 22.4. The van der Waals surface area contributed by atoms with Crippen molar-refractivity contribution in [2.45, 2.75) is 212 Å². The van der Waals surface area contributed by atoms with Gasteiger partial charge in [0.05, 0.1) is 12.2 Å². The van der Waals surface area contributed by atoms with Crippen LogP contribution in [0.4, 0.5) is 0 Å². The van der Waals surface area contributed by atoms with E-state index in [4.69, 9.17) is 9.47 Å². The van der Waals surface area contributed by atoms with E-state index < -0.39 is 0 Å². The maximum atomic E-state index is 6.86. The summed E-state index contributed by atoms with van der Waals surface area (Å²) in [6.45, 7) is 6.74. The second-order valence-corrected chi connectivity index (χ2v) is 14.8. The van der Waals surface area contributed by atoms with Gasteiger partial charge in [0.1, 0.15) is 0 Å². The van der Waals surface area contributed by atoms with Crippen LogP contribution in [0.2, 0.25) is 0 Å². The van der Waals surface area contributed by atoms with Gasteiger partial charge in [0.15, 0.2) is 5.79 Å². The molecule has 47 heavy (non-hydrogen) atoms. The summed E-state index contributed by atoms with van der Waals surface area (Å²) >= 11 is 0. The van der Waals surface area contributed by atoms with Crippen LogP contribution < -0.4 is 0 Å². The van der Waals surface area contributed by atoms with Crippen LogP contribution in [-0.4, -0.2) is 43.0 Å². The third-order valence-corrected chi connectivity index (χ3v) is 10.2. The first-order valence-corrected chi connectivity index (χ1v) is 20.8. The zero-order valence-corrected chi connectivity index (χ0v) is 31.8. The minimum Gasteiger partial charge on any atom is -0.344 e. The number of unbranched alkanes of at least 4 members (excludes halogenated alkanes) is 18. The molecule has 0 aromatic rings. The van der Waals surface area contributed by atoms with E-state index >= 15 is 0 Å². The van der Waals surface area contributed by atoms with Crippen molar-refractivity contribution in [3.8, 4) is 0 Å². The summed E-state index contributed by atoms with van der Waals surface area (Å²) in [5.41, 5.74) is 0. The Balaban J connectivity index is 1.56. The number of likely N-dealkylation sites (N-methyl/N-ethyl adjacent to an activating group) is 1. The standard InChI is InChI=1S/C44H79NO2/c1-4-6-8-10-12-14-16-18-20-22-24-26-28-30-32-34-38-44(46-42-37-36-40-45(3)41-43(42)47-44)39-35-33-31-29-27-25-23-21-19-17-15-13-11-9-7-5-2/h12-15,18-21,42-43H,4-11,16-17,22-41H2,1-3H3. The van der Waals surface area contributed by atoms with Crippen molar-refractivity contribution in [2.24, 2.45) is 0 Å². The Hall–Kier alpha value is -1.16. The Morgan fingerprint density at radius 3 is 1.38 bits per heavy atom. The van der Waals surface area contributed by atoms with Crippen LogP contribution in [0.1, 0.15) is 194 Å². The van der Waals surface area contributed by atoms with E-state index in [9.17, 15) is 0 Å². The highest BCUT2D eigenvalue weighted by Crippen LogP contribution is 2.40. The summed E-state index contributed by atoms with van der Waals surface area (Å²) in [4.78, 5) is 2.45. The molecule has 0 saturated carbocycles. The predicted molar refractivity (Wildman–Crippen MR) is 207 cm³/mol. The Kier molecular flexibility index (Phi) is 26.6. The van der Waals surface area contributed by atoms with Gasteiger partial charge in [-0.05, 0) is 103 Å². The topological polar surface area (TPSA) is 21.7 Å². The fraction of sp³-hybridized carbons (Fsp3) is 0.818. The van der Waals surface area contributed by atoms with Gasteiger partial charge < -0.3 is 14.4 Å². The molecule has 2 atom stereocenters. The fourth-order valence-electron chi connectivity index (χ4n) is 7.22. The molecule has 272 valence electrons. The number of nitrogens with zero attached hydrogens (tertiary/aromatic N) is 1. The molecule has 0 spiro atoms. The molecule has 0 N–H and O–H groups in total. The lowest BCUT2D eigenvalue weighted by atomic mass is 9.98. The molecule has 0 aliphatic carbocycles. The van der Waals surface area contributed by atoms with Crippen molar-refractivity contribution in [3.05, 3.63) is 48.6 Å². The minimum atomic E-state index is -0.321. The van der Waals surface area contributed by atoms with Gasteiger partial charge in [-0.2, -0.15) is 0 Å². The quantitative estimate of drug-likeness (QED) is 0.0569. The largest absolute Gasteiger partial charge is 0.344 e. The van der Waals surface area contributed by atoms with E-state index in [1.54, 1.807) is 0 Å². The Bertz CT molecular complexity index is 766. The molecule has 0 amide bonds. The summed E-state index contributed by atoms with van der Waals surface area (Å²) in [6.07, 6.45) is 55.1. The fourth-order valence-corrected chi connectivity index (χ4v) is 7.22. The van der Waals surface area contributed by atoms with Crippen LogP contribution in [-0.2, 0) is 9.47 Å². The molecule has 0 radical (unpaired) electrons. The van der Waals surface area contributed by atoms with Crippen molar-refractivity contribution in [3.63, 3.8) is 0 Å². The lowest BCUT2D eigenvalue weighted by molar-refractivity contribution is -0.189. The van der Waals surface area contributed by atoms with Crippen LogP contribution in [0.25, 0.3) is 0 Å². The number of ether oxygens (including phenoxy) is 2. The molecule has 0 bridgehead atoms. The van der Waals surface area contributed by atoms with Gasteiger partial charge in [-0.3, -0.25) is 0 Å². The third-order valence-electron chi connectivity index (χ3n) is 10.2. The Morgan fingerprint density at radius 2 is 0.915 bits per heavy atom. The van der Waals surface area contributed by atoms with Crippen LogP contribution in [0.15, 0.2) is 48.6 Å². The SMILES string of the molecule is CCCCCC=CCC=CCCCCCCCCC1(CCCCCCCCC=CCC=CCCCCC)OC2CCCN(C)CC2O1. The monoisotopic (exact) mass is 654 g/mol.